The molecule has 0 atom stereocenters. The van der Waals surface area contributed by atoms with E-state index in [4.69, 9.17) is 21.5 Å². The number of hydrogen-bond donors (Lipinski definition) is 2. The molecule has 0 spiro atoms. The second-order valence-corrected chi connectivity index (χ2v) is 3.47. The van der Waals surface area contributed by atoms with Gasteiger partial charge in [-0.2, -0.15) is 5.26 Å². The van der Waals surface area contributed by atoms with Crippen LogP contribution in [0.5, 0.6) is 0 Å². The number of nitriles is 1. The lowest BCUT2D eigenvalue weighted by Crippen LogP contribution is -2.08. The van der Waals surface area contributed by atoms with Crippen molar-refractivity contribution in [1.82, 2.24) is 0 Å². The van der Waals surface area contributed by atoms with Gasteiger partial charge in [-0.1, -0.05) is 0 Å². The van der Waals surface area contributed by atoms with Gasteiger partial charge in [0.1, 0.15) is 21.5 Å². The molecule has 0 fully saturated rings. The molecule has 5 nitrogen and oxygen atoms in total. The molecule has 0 aliphatic heterocycles. The molecule has 0 aliphatic carbocycles. The SMILES string of the molecule is CCOC(=O)c1c(N)sc(C#N)c1N. The van der Waals surface area contributed by atoms with E-state index in [1.807, 2.05) is 6.07 Å². The van der Waals surface area contributed by atoms with Gasteiger partial charge in [0.05, 0.1) is 12.3 Å². The summed E-state index contributed by atoms with van der Waals surface area (Å²) < 4.78 is 4.75. The molecular weight excluding hydrogens is 202 g/mol. The van der Waals surface area contributed by atoms with Crippen molar-refractivity contribution in [3.63, 3.8) is 0 Å². The molecule has 0 saturated carbocycles. The minimum Gasteiger partial charge on any atom is -0.462 e. The zero-order valence-corrected chi connectivity index (χ0v) is 8.35. The number of rotatable bonds is 2. The Morgan fingerprint density at radius 3 is 2.71 bits per heavy atom. The van der Waals surface area contributed by atoms with Crippen molar-refractivity contribution in [1.29, 1.82) is 5.26 Å². The Morgan fingerprint density at radius 2 is 2.29 bits per heavy atom. The van der Waals surface area contributed by atoms with E-state index in [-0.39, 0.29) is 27.7 Å². The Labute approximate surface area is 84.9 Å². The number of hydrogen-bond acceptors (Lipinski definition) is 6. The molecule has 0 saturated heterocycles. The zero-order chi connectivity index (χ0) is 10.7. The third-order valence-electron chi connectivity index (χ3n) is 1.55. The van der Waals surface area contributed by atoms with Crippen LogP contribution >= 0.6 is 11.3 Å². The fourth-order valence-electron chi connectivity index (χ4n) is 0.959. The monoisotopic (exact) mass is 211 g/mol. The van der Waals surface area contributed by atoms with Gasteiger partial charge in [0.15, 0.2) is 0 Å². The molecule has 0 radical (unpaired) electrons. The van der Waals surface area contributed by atoms with Crippen molar-refractivity contribution < 1.29 is 9.53 Å². The minimum atomic E-state index is -0.583. The van der Waals surface area contributed by atoms with Crippen LogP contribution < -0.4 is 11.5 Å². The van der Waals surface area contributed by atoms with Gasteiger partial charge >= 0.3 is 5.97 Å². The van der Waals surface area contributed by atoms with Crippen molar-refractivity contribution in [3.8, 4) is 6.07 Å². The Hall–Kier alpha value is -1.74. The quantitative estimate of drug-likeness (QED) is 0.709. The molecule has 6 heteroatoms. The van der Waals surface area contributed by atoms with Crippen LogP contribution in [0.25, 0.3) is 0 Å². The van der Waals surface area contributed by atoms with Gasteiger partial charge in [0.2, 0.25) is 0 Å². The Balaban J connectivity index is 3.15. The van der Waals surface area contributed by atoms with Gasteiger partial charge in [0.25, 0.3) is 0 Å². The lowest BCUT2D eigenvalue weighted by atomic mass is 10.2. The maximum Gasteiger partial charge on any atom is 0.343 e. The molecule has 14 heavy (non-hydrogen) atoms. The van der Waals surface area contributed by atoms with Gasteiger partial charge in [-0.25, -0.2) is 4.79 Å². The number of ether oxygens (including phenoxy) is 1. The number of carbonyl (C=O) groups is 1. The van der Waals surface area contributed by atoms with E-state index in [1.54, 1.807) is 6.92 Å². The average Bonchev–Trinajstić information content (AvgIpc) is 2.41. The van der Waals surface area contributed by atoms with Crippen molar-refractivity contribution in [3.05, 3.63) is 10.4 Å². The molecule has 0 amide bonds. The zero-order valence-electron chi connectivity index (χ0n) is 7.53. The lowest BCUT2D eigenvalue weighted by molar-refractivity contribution is 0.0529. The van der Waals surface area contributed by atoms with Crippen LogP contribution in [0.3, 0.4) is 0 Å². The Bertz CT molecular complexity index is 405. The molecule has 1 heterocycles. The first-order valence-electron chi connectivity index (χ1n) is 3.86. The Kier molecular flexibility index (Phi) is 2.94. The first-order chi connectivity index (χ1) is 6.61. The number of nitrogen functional groups attached to an aromatic ring is 2. The topological polar surface area (TPSA) is 102 Å². The first-order valence-corrected chi connectivity index (χ1v) is 4.68. The number of thiophene rings is 1. The van der Waals surface area contributed by atoms with Crippen LogP contribution in [0.4, 0.5) is 10.7 Å². The normalized spacial score (nSPS) is 9.43. The standard InChI is InChI=1S/C8H9N3O2S/c1-2-13-8(12)5-6(10)4(3-9)14-7(5)11/h2,10-11H2,1H3. The highest BCUT2D eigenvalue weighted by Crippen LogP contribution is 2.33. The summed E-state index contributed by atoms with van der Waals surface area (Å²) in [4.78, 5) is 11.6. The lowest BCUT2D eigenvalue weighted by Gasteiger charge is -2.01. The van der Waals surface area contributed by atoms with Crippen molar-refractivity contribution in [2.24, 2.45) is 0 Å². The fraction of sp³-hybridized carbons (Fsp3) is 0.250. The van der Waals surface area contributed by atoms with Crippen LogP contribution in [-0.4, -0.2) is 12.6 Å². The number of nitrogens with two attached hydrogens (primary N) is 2. The van der Waals surface area contributed by atoms with Crippen molar-refractivity contribution >= 4 is 28.0 Å². The van der Waals surface area contributed by atoms with E-state index in [2.05, 4.69) is 0 Å². The fourth-order valence-corrected chi connectivity index (χ4v) is 1.73. The van der Waals surface area contributed by atoms with E-state index in [9.17, 15) is 4.79 Å². The molecule has 0 unspecified atom stereocenters. The Morgan fingerprint density at radius 1 is 1.64 bits per heavy atom. The van der Waals surface area contributed by atoms with E-state index >= 15 is 0 Å². The summed E-state index contributed by atoms with van der Waals surface area (Å²) in [5.74, 6) is -0.583. The van der Waals surface area contributed by atoms with Gasteiger partial charge in [-0.15, -0.1) is 11.3 Å². The predicted octanol–water partition coefficient (Wildman–Crippen LogP) is 0.961. The highest BCUT2D eigenvalue weighted by atomic mass is 32.1. The predicted molar refractivity (Wildman–Crippen MR) is 53.8 cm³/mol. The summed E-state index contributed by atoms with van der Waals surface area (Å²) in [5, 5.41) is 8.86. The maximum atomic E-state index is 11.3. The van der Waals surface area contributed by atoms with Crippen LogP contribution in [0, 0.1) is 11.3 Å². The smallest absolute Gasteiger partial charge is 0.343 e. The molecule has 1 aromatic rings. The van der Waals surface area contributed by atoms with Gasteiger partial charge < -0.3 is 16.2 Å². The second kappa shape index (κ2) is 3.98. The second-order valence-electron chi connectivity index (χ2n) is 2.42. The van der Waals surface area contributed by atoms with Crippen molar-refractivity contribution in [2.75, 3.05) is 18.1 Å². The van der Waals surface area contributed by atoms with Gasteiger partial charge in [0, 0.05) is 0 Å². The van der Waals surface area contributed by atoms with Gasteiger partial charge in [-0.3, -0.25) is 0 Å². The summed E-state index contributed by atoms with van der Waals surface area (Å²) in [7, 11) is 0. The van der Waals surface area contributed by atoms with Crippen LogP contribution in [0.1, 0.15) is 22.2 Å². The largest absolute Gasteiger partial charge is 0.462 e. The average molecular weight is 211 g/mol. The number of anilines is 2. The van der Waals surface area contributed by atoms with Crippen LogP contribution in [0.15, 0.2) is 0 Å². The molecule has 1 rings (SSSR count). The number of carbonyl (C=O) groups excluding carboxylic acids is 1. The molecule has 0 bridgehead atoms. The van der Waals surface area contributed by atoms with Crippen LogP contribution in [-0.2, 0) is 4.74 Å². The third kappa shape index (κ3) is 1.63. The molecule has 4 N–H and O–H groups in total. The van der Waals surface area contributed by atoms with E-state index < -0.39 is 5.97 Å². The molecule has 1 aromatic heterocycles. The molecular formula is C8H9N3O2S. The highest BCUT2D eigenvalue weighted by Gasteiger charge is 2.21. The maximum absolute atomic E-state index is 11.3. The van der Waals surface area contributed by atoms with E-state index in [0.29, 0.717) is 0 Å². The number of esters is 1. The van der Waals surface area contributed by atoms with Crippen molar-refractivity contribution in [2.45, 2.75) is 6.92 Å². The highest BCUT2D eigenvalue weighted by molar-refractivity contribution is 7.17. The molecule has 74 valence electrons. The first kappa shape index (κ1) is 10.3. The summed E-state index contributed by atoms with van der Waals surface area (Å²) in [5.41, 5.74) is 11.3. The minimum absolute atomic E-state index is 0.105. The summed E-state index contributed by atoms with van der Waals surface area (Å²) in [6.45, 7) is 1.93. The summed E-state index contributed by atoms with van der Waals surface area (Å²) in [6.07, 6.45) is 0. The summed E-state index contributed by atoms with van der Waals surface area (Å²) >= 11 is 0.986. The van der Waals surface area contributed by atoms with E-state index in [1.165, 1.54) is 0 Å². The van der Waals surface area contributed by atoms with E-state index in [0.717, 1.165) is 11.3 Å². The third-order valence-corrected chi connectivity index (χ3v) is 2.49. The van der Waals surface area contributed by atoms with Gasteiger partial charge in [-0.05, 0) is 6.92 Å². The molecule has 0 aromatic carbocycles. The number of nitrogens with zero attached hydrogens (tertiary/aromatic N) is 1. The van der Waals surface area contributed by atoms with Crippen LogP contribution in [0.2, 0.25) is 0 Å². The summed E-state index contributed by atoms with van der Waals surface area (Å²) in [6, 6.07) is 1.86. The molecule has 0 aliphatic rings.